The van der Waals surface area contributed by atoms with Crippen molar-refractivity contribution in [2.45, 2.75) is 30.7 Å². The van der Waals surface area contributed by atoms with E-state index in [1.54, 1.807) is 12.1 Å². The van der Waals surface area contributed by atoms with Crippen LogP contribution < -0.4 is 15.2 Å². The molecule has 10 nitrogen and oxygen atoms in total. The van der Waals surface area contributed by atoms with Gasteiger partial charge in [-0.05, 0) is 53.4 Å². The Kier molecular flexibility index (Phi) is 9.73. The van der Waals surface area contributed by atoms with E-state index in [0.717, 1.165) is 11.1 Å². The van der Waals surface area contributed by atoms with Gasteiger partial charge in [-0.1, -0.05) is 79.5 Å². The first kappa shape index (κ1) is 30.9. The first-order chi connectivity index (χ1) is 19.3. The largest absolute Gasteiger partial charge is 0.352 e. The van der Waals surface area contributed by atoms with E-state index in [0.29, 0.717) is 15.8 Å². The normalized spacial score (nSPS) is 17.0. The van der Waals surface area contributed by atoms with Crippen LogP contribution in [0, 0.1) is 5.92 Å². The highest BCUT2D eigenvalue weighted by molar-refractivity contribution is 7.90. The van der Waals surface area contributed by atoms with Gasteiger partial charge in [0.15, 0.2) is 0 Å². The summed E-state index contributed by atoms with van der Waals surface area (Å²) < 4.78 is 56.8. The standard InChI is InChI=1S/C27H30Cl2N6O4S2/c1-18(2)25(33-41(30,38)39)16-31-27(34-40(36,37)23-14-12-22(29)13-15-23)35-17-24(19-6-4-3-5-7-19)26(32-35)20-8-10-21(28)11-9-20/h3-15,18,24-25,33H,16-17H2,1-2H3,(H,31,34)(H2,30,38,39)/t24-,25-/m1/s1. The van der Waals surface area contributed by atoms with Gasteiger partial charge in [0.2, 0.25) is 5.96 Å². The molecule has 0 saturated heterocycles. The van der Waals surface area contributed by atoms with Crippen molar-refractivity contribution in [3.8, 4) is 0 Å². The van der Waals surface area contributed by atoms with E-state index in [1.165, 1.54) is 29.3 Å². The molecule has 0 radical (unpaired) electrons. The maximum absolute atomic E-state index is 13.4. The fourth-order valence-corrected chi connectivity index (χ4v) is 6.23. The van der Waals surface area contributed by atoms with Gasteiger partial charge in [0.25, 0.3) is 20.2 Å². The molecule has 0 amide bonds. The van der Waals surface area contributed by atoms with Gasteiger partial charge in [0, 0.05) is 28.5 Å². The van der Waals surface area contributed by atoms with E-state index in [1.807, 2.05) is 56.3 Å². The molecule has 3 aromatic carbocycles. The average molecular weight is 638 g/mol. The average Bonchev–Trinajstić information content (AvgIpc) is 3.36. The van der Waals surface area contributed by atoms with Crippen molar-refractivity contribution in [2.24, 2.45) is 20.6 Å². The summed E-state index contributed by atoms with van der Waals surface area (Å²) in [6.07, 6.45) is 0. The van der Waals surface area contributed by atoms with Crippen molar-refractivity contribution < 1.29 is 16.8 Å². The molecule has 4 N–H and O–H groups in total. The molecule has 4 rings (SSSR count). The molecule has 0 unspecified atom stereocenters. The number of guanidine groups is 1. The lowest BCUT2D eigenvalue weighted by Gasteiger charge is -2.25. The Morgan fingerprint density at radius 2 is 1.56 bits per heavy atom. The van der Waals surface area contributed by atoms with E-state index in [-0.39, 0.29) is 35.8 Å². The maximum Gasteiger partial charge on any atom is 0.285 e. The Hall–Kier alpha value is -3.00. The quantitative estimate of drug-likeness (QED) is 0.239. The number of benzene rings is 3. The molecular weight excluding hydrogens is 607 g/mol. The third kappa shape index (κ3) is 8.28. The minimum atomic E-state index is -4.21. The first-order valence-electron chi connectivity index (χ1n) is 12.6. The summed E-state index contributed by atoms with van der Waals surface area (Å²) in [5.41, 5.74) is 2.47. The molecule has 1 aliphatic heterocycles. The highest BCUT2D eigenvalue weighted by Crippen LogP contribution is 2.30. The molecule has 1 heterocycles. The van der Waals surface area contributed by atoms with Crippen LogP contribution in [0.4, 0.5) is 0 Å². The third-order valence-corrected chi connectivity index (χ3v) is 8.84. The monoisotopic (exact) mass is 636 g/mol. The minimum absolute atomic E-state index is 0.0125. The Morgan fingerprint density at radius 3 is 2.12 bits per heavy atom. The molecule has 1 aliphatic rings. The molecule has 0 bridgehead atoms. The SMILES string of the molecule is CC(C)[C@@H](CN/C(=N\S(=O)(=O)c1ccc(Cl)cc1)N1C[C@H](c2ccccc2)C(c2ccc(Cl)cc2)=N1)NS(N)(=O)=O. The Balaban J connectivity index is 1.77. The van der Waals surface area contributed by atoms with Crippen LogP contribution in [-0.4, -0.2) is 52.6 Å². The van der Waals surface area contributed by atoms with Crippen LogP contribution in [0.5, 0.6) is 0 Å². The Bertz CT molecular complexity index is 1630. The summed E-state index contributed by atoms with van der Waals surface area (Å²) >= 11 is 12.1. The van der Waals surface area contributed by atoms with Crippen LogP contribution in [0.2, 0.25) is 10.0 Å². The molecular formula is C27H30Cl2N6O4S2. The number of hydrazone groups is 1. The number of hydrogen-bond acceptors (Lipinski definition) is 5. The highest BCUT2D eigenvalue weighted by atomic mass is 35.5. The number of nitrogens with one attached hydrogen (secondary N) is 2. The van der Waals surface area contributed by atoms with Crippen LogP contribution in [0.1, 0.15) is 30.9 Å². The van der Waals surface area contributed by atoms with Crippen LogP contribution in [0.3, 0.4) is 0 Å². The Morgan fingerprint density at radius 1 is 0.976 bits per heavy atom. The zero-order valence-corrected chi connectivity index (χ0v) is 25.4. The second kappa shape index (κ2) is 12.9. The van der Waals surface area contributed by atoms with Crippen LogP contribution >= 0.6 is 23.2 Å². The molecule has 218 valence electrons. The summed E-state index contributed by atoms with van der Waals surface area (Å²) in [4.78, 5) is -0.0648. The van der Waals surface area contributed by atoms with Gasteiger partial charge < -0.3 is 5.32 Å². The van der Waals surface area contributed by atoms with Gasteiger partial charge in [-0.15, -0.1) is 4.40 Å². The minimum Gasteiger partial charge on any atom is -0.352 e. The van der Waals surface area contributed by atoms with E-state index in [9.17, 15) is 16.8 Å². The smallest absolute Gasteiger partial charge is 0.285 e. The van der Waals surface area contributed by atoms with Crippen LogP contribution in [0.25, 0.3) is 0 Å². The number of sulfonamides is 1. The topological polar surface area (TPSA) is 146 Å². The fourth-order valence-electron chi connectivity index (χ4n) is 4.23. The van der Waals surface area contributed by atoms with Gasteiger partial charge >= 0.3 is 0 Å². The van der Waals surface area contributed by atoms with Gasteiger partial charge in [0.05, 0.1) is 17.2 Å². The van der Waals surface area contributed by atoms with Crippen molar-refractivity contribution in [1.82, 2.24) is 15.0 Å². The lowest BCUT2D eigenvalue weighted by Crippen LogP contribution is -2.50. The number of halogens is 2. The second-order valence-corrected chi connectivity index (χ2v) is 13.6. The molecule has 0 aliphatic carbocycles. The van der Waals surface area contributed by atoms with Gasteiger partial charge in [-0.25, -0.2) is 10.1 Å². The third-order valence-electron chi connectivity index (χ3n) is 6.42. The van der Waals surface area contributed by atoms with E-state index in [4.69, 9.17) is 33.4 Å². The van der Waals surface area contributed by atoms with Crippen molar-refractivity contribution in [2.75, 3.05) is 13.1 Å². The van der Waals surface area contributed by atoms with Gasteiger partial charge in [-0.3, -0.25) is 0 Å². The lowest BCUT2D eigenvalue weighted by molar-refractivity contribution is 0.417. The van der Waals surface area contributed by atoms with E-state index >= 15 is 0 Å². The molecule has 0 fully saturated rings. The molecule has 2 atom stereocenters. The predicted octanol–water partition coefficient (Wildman–Crippen LogP) is 3.95. The van der Waals surface area contributed by atoms with E-state index in [2.05, 4.69) is 14.4 Å². The van der Waals surface area contributed by atoms with Gasteiger partial charge in [-0.2, -0.15) is 26.7 Å². The molecule has 0 saturated carbocycles. The summed E-state index contributed by atoms with van der Waals surface area (Å²) in [5.74, 6) is -0.489. The number of rotatable bonds is 9. The molecule has 14 heteroatoms. The summed E-state index contributed by atoms with van der Waals surface area (Å²) in [6.45, 7) is 3.87. The lowest BCUT2D eigenvalue weighted by atomic mass is 9.91. The molecule has 3 aromatic rings. The van der Waals surface area contributed by atoms with Crippen molar-refractivity contribution in [1.29, 1.82) is 0 Å². The number of hydrogen-bond donors (Lipinski definition) is 3. The maximum atomic E-state index is 13.4. The van der Waals surface area contributed by atoms with Crippen molar-refractivity contribution in [3.05, 3.63) is 100 Å². The highest BCUT2D eigenvalue weighted by Gasteiger charge is 2.33. The molecule has 0 aromatic heterocycles. The van der Waals surface area contributed by atoms with Crippen LogP contribution in [-0.2, 0) is 20.2 Å². The zero-order chi connectivity index (χ0) is 29.8. The first-order valence-corrected chi connectivity index (χ1v) is 16.4. The number of nitrogens with two attached hydrogens (primary N) is 1. The molecule has 41 heavy (non-hydrogen) atoms. The van der Waals surface area contributed by atoms with Gasteiger partial charge in [0.1, 0.15) is 0 Å². The summed E-state index contributed by atoms with van der Waals surface area (Å²) in [6, 6.07) is 21.9. The molecule has 0 spiro atoms. The Labute approximate surface area is 250 Å². The van der Waals surface area contributed by atoms with Crippen molar-refractivity contribution >= 4 is 55.1 Å². The van der Waals surface area contributed by atoms with E-state index < -0.39 is 26.3 Å². The van der Waals surface area contributed by atoms with Crippen LogP contribution in [0.15, 0.2) is 93.3 Å². The van der Waals surface area contributed by atoms with Crippen molar-refractivity contribution in [3.63, 3.8) is 0 Å². The summed E-state index contributed by atoms with van der Waals surface area (Å²) in [7, 11) is -8.23. The predicted molar refractivity (Wildman–Crippen MR) is 163 cm³/mol. The summed E-state index contributed by atoms with van der Waals surface area (Å²) in [5, 5.41) is 15.5. The second-order valence-electron chi connectivity index (χ2n) is 9.78. The fraction of sp³-hybridized carbons (Fsp3) is 0.259. The zero-order valence-electron chi connectivity index (χ0n) is 22.3. The number of nitrogens with zero attached hydrogens (tertiary/aromatic N) is 3.